The number of benzene rings is 1. The Labute approximate surface area is 100 Å². The highest BCUT2D eigenvalue weighted by atomic mass is 19.2. The van der Waals surface area contributed by atoms with Crippen LogP contribution in [-0.2, 0) is 6.54 Å². The molecule has 94 valence electrons. The molecule has 2 N–H and O–H groups in total. The molecule has 0 saturated carbocycles. The summed E-state index contributed by atoms with van der Waals surface area (Å²) in [4.78, 5) is 2.27. The number of nitrogens with two attached hydrogens (primary N) is 1. The van der Waals surface area contributed by atoms with E-state index in [1.54, 1.807) is 6.07 Å². The van der Waals surface area contributed by atoms with Gasteiger partial charge in [0.1, 0.15) is 0 Å². The van der Waals surface area contributed by atoms with Gasteiger partial charge in [-0.25, -0.2) is 8.78 Å². The summed E-state index contributed by atoms with van der Waals surface area (Å²) in [5.74, 6) is -0.887. The zero-order valence-electron chi connectivity index (χ0n) is 9.83. The normalized spacial score (nSPS) is 21.0. The maximum Gasteiger partial charge on any atom is 0.159 e. The zero-order valence-corrected chi connectivity index (χ0v) is 9.83. The summed E-state index contributed by atoms with van der Waals surface area (Å²) in [6.07, 6.45) is 2.20. The first-order valence-electron chi connectivity index (χ1n) is 6.05. The molecule has 1 aliphatic rings. The van der Waals surface area contributed by atoms with Crippen LogP contribution >= 0.6 is 0 Å². The lowest BCUT2D eigenvalue weighted by Crippen LogP contribution is -2.21. The summed E-state index contributed by atoms with van der Waals surface area (Å²) >= 11 is 0. The molecule has 1 atom stereocenters. The topological polar surface area (TPSA) is 29.3 Å². The Bertz CT molecular complexity index is 382. The molecule has 0 bridgehead atoms. The van der Waals surface area contributed by atoms with Crippen molar-refractivity contribution in [2.45, 2.75) is 19.4 Å². The average molecular weight is 240 g/mol. The maximum atomic E-state index is 13.0. The van der Waals surface area contributed by atoms with Gasteiger partial charge in [0.25, 0.3) is 0 Å². The summed E-state index contributed by atoms with van der Waals surface area (Å²) in [5, 5.41) is 0. The largest absolute Gasteiger partial charge is 0.330 e. The van der Waals surface area contributed by atoms with Crippen molar-refractivity contribution >= 4 is 0 Å². The molecule has 4 heteroatoms. The fourth-order valence-electron chi connectivity index (χ4n) is 2.42. The van der Waals surface area contributed by atoms with Crippen molar-refractivity contribution in [2.24, 2.45) is 11.7 Å². The van der Waals surface area contributed by atoms with Gasteiger partial charge >= 0.3 is 0 Å². The van der Waals surface area contributed by atoms with Crippen LogP contribution < -0.4 is 5.73 Å². The van der Waals surface area contributed by atoms with Crippen molar-refractivity contribution in [3.05, 3.63) is 35.4 Å². The predicted molar refractivity (Wildman–Crippen MR) is 63.4 cm³/mol. The predicted octanol–water partition coefficient (Wildman–Crippen LogP) is 2.14. The van der Waals surface area contributed by atoms with E-state index in [0.29, 0.717) is 12.5 Å². The summed E-state index contributed by atoms with van der Waals surface area (Å²) in [7, 11) is 0. The fraction of sp³-hybridized carbons (Fsp3) is 0.538. The van der Waals surface area contributed by atoms with E-state index in [-0.39, 0.29) is 0 Å². The second-order valence-electron chi connectivity index (χ2n) is 4.72. The van der Waals surface area contributed by atoms with Crippen LogP contribution in [0.15, 0.2) is 18.2 Å². The van der Waals surface area contributed by atoms with Crippen LogP contribution in [0.25, 0.3) is 0 Å². The summed E-state index contributed by atoms with van der Waals surface area (Å²) in [6, 6.07) is 4.12. The third-order valence-corrected chi connectivity index (χ3v) is 3.34. The molecule has 0 aliphatic carbocycles. The standard InChI is InChI=1S/C13H18F2N2/c14-12-2-1-11(7-13(12)15)9-17-6-4-10(8-17)3-5-16/h1-2,7,10H,3-6,8-9,16H2. The molecule has 0 radical (unpaired) electrons. The van der Waals surface area contributed by atoms with E-state index >= 15 is 0 Å². The quantitative estimate of drug-likeness (QED) is 0.873. The Kier molecular flexibility index (Phi) is 4.07. The first-order chi connectivity index (χ1) is 8.19. The molecule has 1 saturated heterocycles. The molecule has 0 aromatic heterocycles. The number of halogens is 2. The van der Waals surface area contributed by atoms with E-state index in [0.717, 1.165) is 38.0 Å². The van der Waals surface area contributed by atoms with Crippen LogP contribution in [0.1, 0.15) is 18.4 Å². The highest BCUT2D eigenvalue weighted by Crippen LogP contribution is 2.21. The Morgan fingerprint density at radius 1 is 1.29 bits per heavy atom. The van der Waals surface area contributed by atoms with Gasteiger partial charge in [-0.2, -0.15) is 0 Å². The minimum atomic E-state index is -0.781. The smallest absolute Gasteiger partial charge is 0.159 e. The van der Waals surface area contributed by atoms with Gasteiger partial charge in [0.15, 0.2) is 11.6 Å². The van der Waals surface area contributed by atoms with E-state index in [2.05, 4.69) is 4.90 Å². The lowest BCUT2D eigenvalue weighted by Gasteiger charge is -2.16. The monoisotopic (exact) mass is 240 g/mol. The van der Waals surface area contributed by atoms with E-state index in [9.17, 15) is 8.78 Å². The van der Waals surface area contributed by atoms with Gasteiger partial charge in [-0.15, -0.1) is 0 Å². The average Bonchev–Trinajstić information content (AvgIpc) is 2.72. The lowest BCUT2D eigenvalue weighted by atomic mass is 10.1. The van der Waals surface area contributed by atoms with Crippen molar-refractivity contribution < 1.29 is 8.78 Å². The highest BCUT2D eigenvalue weighted by Gasteiger charge is 2.21. The van der Waals surface area contributed by atoms with Crippen molar-refractivity contribution in [1.29, 1.82) is 0 Å². The summed E-state index contributed by atoms with van der Waals surface area (Å²) < 4.78 is 25.8. The van der Waals surface area contributed by atoms with Gasteiger partial charge in [0, 0.05) is 13.1 Å². The van der Waals surface area contributed by atoms with Gasteiger partial charge in [-0.05, 0) is 49.5 Å². The Morgan fingerprint density at radius 3 is 2.82 bits per heavy atom. The maximum absolute atomic E-state index is 13.0. The van der Waals surface area contributed by atoms with Gasteiger partial charge in [0.2, 0.25) is 0 Å². The van der Waals surface area contributed by atoms with Gasteiger partial charge in [-0.3, -0.25) is 4.90 Å². The molecular weight excluding hydrogens is 222 g/mol. The van der Waals surface area contributed by atoms with E-state index < -0.39 is 11.6 Å². The molecule has 1 heterocycles. The second-order valence-corrected chi connectivity index (χ2v) is 4.72. The van der Waals surface area contributed by atoms with Gasteiger partial charge in [0.05, 0.1) is 0 Å². The molecule has 1 aliphatic heterocycles. The van der Waals surface area contributed by atoms with E-state index in [1.807, 2.05) is 0 Å². The number of rotatable bonds is 4. The number of hydrogen-bond acceptors (Lipinski definition) is 2. The summed E-state index contributed by atoms with van der Waals surface area (Å²) in [5.41, 5.74) is 6.36. The second kappa shape index (κ2) is 5.56. The van der Waals surface area contributed by atoms with Crippen molar-refractivity contribution in [2.75, 3.05) is 19.6 Å². The summed E-state index contributed by atoms with van der Waals surface area (Å²) in [6.45, 7) is 3.45. The Morgan fingerprint density at radius 2 is 2.12 bits per heavy atom. The van der Waals surface area contributed by atoms with Crippen LogP contribution in [0.3, 0.4) is 0 Å². The first kappa shape index (κ1) is 12.5. The highest BCUT2D eigenvalue weighted by molar-refractivity contribution is 5.17. The molecule has 2 rings (SSSR count). The van der Waals surface area contributed by atoms with E-state index in [1.165, 1.54) is 12.1 Å². The third kappa shape index (κ3) is 3.23. The number of nitrogens with zero attached hydrogens (tertiary/aromatic N) is 1. The van der Waals surface area contributed by atoms with E-state index in [4.69, 9.17) is 5.73 Å². The molecule has 1 fully saturated rings. The molecule has 1 aromatic rings. The molecule has 1 unspecified atom stereocenters. The fourth-order valence-corrected chi connectivity index (χ4v) is 2.42. The van der Waals surface area contributed by atoms with Crippen LogP contribution in [0.2, 0.25) is 0 Å². The van der Waals surface area contributed by atoms with Gasteiger partial charge < -0.3 is 5.73 Å². The van der Waals surface area contributed by atoms with Crippen LogP contribution in [-0.4, -0.2) is 24.5 Å². The number of likely N-dealkylation sites (tertiary alicyclic amines) is 1. The molecular formula is C13H18F2N2. The molecule has 0 amide bonds. The SMILES string of the molecule is NCCC1CCN(Cc2ccc(F)c(F)c2)C1. The van der Waals surface area contributed by atoms with Gasteiger partial charge in [-0.1, -0.05) is 6.07 Å². The number of hydrogen-bond donors (Lipinski definition) is 1. The third-order valence-electron chi connectivity index (χ3n) is 3.34. The van der Waals surface area contributed by atoms with Crippen LogP contribution in [0, 0.1) is 17.6 Å². The van der Waals surface area contributed by atoms with Crippen molar-refractivity contribution in [3.8, 4) is 0 Å². The zero-order chi connectivity index (χ0) is 12.3. The Hall–Kier alpha value is -1.00. The lowest BCUT2D eigenvalue weighted by molar-refractivity contribution is 0.313. The van der Waals surface area contributed by atoms with Crippen LogP contribution in [0.5, 0.6) is 0 Å². The molecule has 17 heavy (non-hydrogen) atoms. The minimum Gasteiger partial charge on any atom is -0.330 e. The molecule has 1 aromatic carbocycles. The Balaban J connectivity index is 1.91. The van der Waals surface area contributed by atoms with Crippen molar-refractivity contribution in [3.63, 3.8) is 0 Å². The molecule has 2 nitrogen and oxygen atoms in total. The van der Waals surface area contributed by atoms with Crippen molar-refractivity contribution in [1.82, 2.24) is 4.90 Å². The molecule has 0 spiro atoms. The van der Waals surface area contributed by atoms with Crippen LogP contribution in [0.4, 0.5) is 8.78 Å². The first-order valence-corrected chi connectivity index (χ1v) is 6.05. The minimum absolute atomic E-state index is 0.658.